The van der Waals surface area contributed by atoms with Crippen molar-refractivity contribution in [2.45, 2.75) is 50.8 Å². The van der Waals surface area contributed by atoms with Gasteiger partial charge in [0.1, 0.15) is 0 Å². The lowest BCUT2D eigenvalue weighted by Crippen LogP contribution is -2.45. The highest BCUT2D eigenvalue weighted by atomic mass is 19.3. The van der Waals surface area contributed by atoms with E-state index in [9.17, 15) is 18.7 Å². The molecule has 2 aliphatic rings. The van der Waals surface area contributed by atoms with Crippen molar-refractivity contribution in [2.24, 2.45) is 0 Å². The van der Waals surface area contributed by atoms with E-state index in [2.05, 4.69) is 10.2 Å². The second kappa shape index (κ2) is 6.18. The molecule has 0 radical (unpaired) electrons. The summed E-state index contributed by atoms with van der Waals surface area (Å²) in [7, 11) is 0. The van der Waals surface area contributed by atoms with Gasteiger partial charge in [-0.3, -0.25) is 4.79 Å². The number of benzene rings is 1. The summed E-state index contributed by atoms with van der Waals surface area (Å²) >= 11 is 0. The van der Waals surface area contributed by atoms with E-state index in [1.54, 1.807) is 23.1 Å². The van der Waals surface area contributed by atoms with Crippen molar-refractivity contribution in [3.8, 4) is 11.5 Å². The monoisotopic (exact) mass is 349 g/mol. The molecule has 2 aromatic rings. The molecule has 1 fully saturated rings. The van der Waals surface area contributed by atoms with Gasteiger partial charge in [0.25, 0.3) is 11.8 Å². The summed E-state index contributed by atoms with van der Waals surface area (Å²) in [5.74, 6) is -0.938. The summed E-state index contributed by atoms with van der Waals surface area (Å²) in [6, 6.07) is 4.86. The molecule has 0 unspecified atom stereocenters. The molecule has 8 heteroatoms. The molecule has 1 aromatic carbocycles. The molecule has 6 nitrogen and oxygen atoms in total. The summed E-state index contributed by atoms with van der Waals surface area (Å²) in [6.45, 7) is 0.447. The van der Waals surface area contributed by atoms with E-state index in [-0.39, 0.29) is 17.8 Å². The summed E-state index contributed by atoms with van der Waals surface area (Å²) in [5.41, 5.74) is 1.77. The molecule has 1 aliphatic heterocycles. The highest BCUT2D eigenvalue weighted by molar-refractivity contribution is 5.99. The summed E-state index contributed by atoms with van der Waals surface area (Å²) < 4.78 is 30.1. The number of aliphatic hydroxyl groups is 1. The molecule has 0 saturated heterocycles. The zero-order valence-corrected chi connectivity index (χ0v) is 13.4. The Morgan fingerprint density at radius 2 is 2.04 bits per heavy atom. The van der Waals surface area contributed by atoms with Crippen molar-refractivity contribution < 1.29 is 23.1 Å². The summed E-state index contributed by atoms with van der Waals surface area (Å²) in [4.78, 5) is 14.5. The third kappa shape index (κ3) is 2.80. The number of alkyl halides is 2. The van der Waals surface area contributed by atoms with Crippen LogP contribution in [0.15, 0.2) is 22.6 Å². The first-order valence-corrected chi connectivity index (χ1v) is 8.28. The second-order valence-electron chi connectivity index (χ2n) is 6.47. The fourth-order valence-electron chi connectivity index (χ4n) is 3.62. The van der Waals surface area contributed by atoms with Crippen molar-refractivity contribution in [1.29, 1.82) is 0 Å². The average molecular weight is 349 g/mol. The van der Waals surface area contributed by atoms with Crippen LogP contribution >= 0.6 is 0 Å². The van der Waals surface area contributed by atoms with Crippen LogP contribution in [0.3, 0.4) is 0 Å². The molecule has 1 aromatic heterocycles. The minimum Gasteiger partial charge on any atom is -0.415 e. The first kappa shape index (κ1) is 16.1. The van der Waals surface area contributed by atoms with Gasteiger partial charge in [-0.05, 0) is 30.5 Å². The maximum Gasteiger partial charge on any atom is 0.314 e. The molecule has 25 heavy (non-hydrogen) atoms. The molecule has 0 spiro atoms. The molecule has 2 atom stereocenters. The Hall–Kier alpha value is -2.35. The molecular formula is C17H17F2N3O3. The number of rotatable bonds is 3. The van der Waals surface area contributed by atoms with Gasteiger partial charge in [-0.25, -0.2) is 0 Å². The lowest BCUT2D eigenvalue weighted by molar-refractivity contribution is 0.0191. The highest BCUT2D eigenvalue weighted by Gasteiger charge is 2.37. The Morgan fingerprint density at radius 1 is 1.24 bits per heavy atom. The van der Waals surface area contributed by atoms with Gasteiger partial charge >= 0.3 is 6.43 Å². The molecule has 2 heterocycles. The number of fused-ring (bicyclic) bond motifs is 1. The van der Waals surface area contributed by atoms with E-state index in [1.165, 1.54) is 0 Å². The molecule has 1 amide bonds. The topological polar surface area (TPSA) is 79.5 Å². The molecule has 1 saturated carbocycles. The highest BCUT2D eigenvalue weighted by Crippen LogP contribution is 2.33. The number of aromatic nitrogens is 2. The number of carbonyl (C=O) groups excluding carboxylic acids is 1. The lowest BCUT2D eigenvalue weighted by Gasteiger charge is -2.35. The molecule has 1 N–H and O–H groups in total. The fraction of sp³-hybridized carbons (Fsp3) is 0.471. The van der Waals surface area contributed by atoms with Gasteiger partial charge < -0.3 is 14.4 Å². The van der Waals surface area contributed by atoms with Crippen molar-refractivity contribution in [2.75, 3.05) is 0 Å². The number of hydrogen-bond acceptors (Lipinski definition) is 5. The van der Waals surface area contributed by atoms with Gasteiger partial charge in [-0.15, -0.1) is 10.2 Å². The zero-order chi connectivity index (χ0) is 17.6. The largest absolute Gasteiger partial charge is 0.415 e. The summed E-state index contributed by atoms with van der Waals surface area (Å²) in [5, 5.41) is 17.1. The van der Waals surface area contributed by atoms with Crippen LogP contribution in [0.2, 0.25) is 0 Å². The number of carbonyl (C=O) groups is 1. The maximum atomic E-state index is 12.8. The quantitative estimate of drug-likeness (QED) is 0.922. The van der Waals surface area contributed by atoms with Crippen LogP contribution in [0.5, 0.6) is 0 Å². The van der Waals surface area contributed by atoms with Gasteiger partial charge in [0.2, 0.25) is 5.89 Å². The summed E-state index contributed by atoms with van der Waals surface area (Å²) in [6.07, 6.45) is 0.117. The van der Waals surface area contributed by atoms with Crippen LogP contribution in [0, 0.1) is 0 Å². The number of amides is 1. The van der Waals surface area contributed by atoms with E-state index in [1.807, 2.05) is 0 Å². The van der Waals surface area contributed by atoms with Crippen molar-refractivity contribution >= 4 is 5.91 Å². The molecule has 132 valence electrons. The smallest absolute Gasteiger partial charge is 0.314 e. The third-order valence-corrected chi connectivity index (χ3v) is 4.91. The number of nitrogens with zero attached hydrogens (tertiary/aromatic N) is 3. The van der Waals surface area contributed by atoms with Crippen molar-refractivity contribution in [1.82, 2.24) is 15.1 Å². The number of aliphatic hydroxyl groups excluding tert-OH is 1. The van der Waals surface area contributed by atoms with Crippen LogP contribution in [-0.2, 0) is 6.54 Å². The number of halogens is 2. The Kier molecular flexibility index (Phi) is 3.99. The van der Waals surface area contributed by atoms with E-state index >= 15 is 0 Å². The van der Waals surface area contributed by atoms with Gasteiger partial charge in [-0.2, -0.15) is 8.78 Å². The molecule has 4 rings (SSSR count). The first-order chi connectivity index (χ1) is 12.0. The Labute approximate surface area is 142 Å². The van der Waals surface area contributed by atoms with Gasteiger partial charge in [-0.1, -0.05) is 18.9 Å². The lowest BCUT2D eigenvalue weighted by atomic mass is 9.91. The van der Waals surface area contributed by atoms with Crippen LogP contribution in [-0.4, -0.2) is 38.3 Å². The number of hydrogen-bond donors (Lipinski definition) is 1. The maximum absolute atomic E-state index is 12.8. The SMILES string of the molecule is O=C1c2cc(-c3nnc(C(F)F)o3)ccc2CN1[C@@H]1CCCC[C@H]1O. The predicted molar refractivity (Wildman–Crippen MR) is 82.8 cm³/mol. The van der Waals surface area contributed by atoms with E-state index in [4.69, 9.17) is 4.42 Å². The third-order valence-electron chi connectivity index (χ3n) is 4.91. The predicted octanol–water partition coefficient (Wildman–Crippen LogP) is 2.93. The minimum absolute atomic E-state index is 0.0398. The average Bonchev–Trinajstić information content (AvgIpc) is 3.21. The van der Waals surface area contributed by atoms with Gasteiger partial charge in [0.05, 0.1) is 12.1 Å². The fourth-order valence-corrected chi connectivity index (χ4v) is 3.62. The normalized spacial score (nSPS) is 23.4. The molecule has 0 bridgehead atoms. The van der Waals surface area contributed by atoms with Gasteiger partial charge in [0, 0.05) is 17.7 Å². The van der Waals surface area contributed by atoms with E-state index < -0.39 is 18.4 Å². The van der Waals surface area contributed by atoms with Crippen LogP contribution < -0.4 is 0 Å². The van der Waals surface area contributed by atoms with E-state index in [0.29, 0.717) is 24.1 Å². The first-order valence-electron chi connectivity index (χ1n) is 8.28. The molecular weight excluding hydrogens is 332 g/mol. The van der Waals surface area contributed by atoms with Crippen molar-refractivity contribution in [3.05, 3.63) is 35.2 Å². The Balaban J connectivity index is 1.61. The molecule has 1 aliphatic carbocycles. The Morgan fingerprint density at radius 3 is 2.76 bits per heavy atom. The zero-order valence-electron chi connectivity index (χ0n) is 13.4. The second-order valence-corrected chi connectivity index (χ2v) is 6.47. The van der Waals surface area contributed by atoms with Crippen molar-refractivity contribution in [3.63, 3.8) is 0 Å². The van der Waals surface area contributed by atoms with Crippen LogP contribution in [0.25, 0.3) is 11.5 Å². The minimum atomic E-state index is -2.83. The van der Waals surface area contributed by atoms with E-state index in [0.717, 1.165) is 24.8 Å². The standard InChI is InChI=1S/C17H17F2N3O3/c18-14(19)16-21-20-15(25-16)9-5-6-10-8-22(17(24)11(10)7-9)12-3-1-2-4-13(12)23/h5-7,12-14,23H,1-4,8H2/t12-,13-/m1/s1. The Bertz CT molecular complexity index is 808. The van der Waals surface area contributed by atoms with Gasteiger partial charge in [0.15, 0.2) is 0 Å². The van der Waals surface area contributed by atoms with Crippen LogP contribution in [0.4, 0.5) is 8.78 Å². The van der Waals surface area contributed by atoms with Crippen LogP contribution in [0.1, 0.15) is 53.9 Å².